The van der Waals surface area contributed by atoms with Gasteiger partial charge in [-0.3, -0.25) is 0 Å². The Bertz CT molecular complexity index is 582. The molecular weight excluding hydrogens is 276 g/mol. The Balaban J connectivity index is 2.27. The van der Waals surface area contributed by atoms with Gasteiger partial charge in [0, 0.05) is 0 Å². The molecule has 0 saturated heterocycles. The topological polar surface area (TPSA) is 0 Å². The van der Waals surface area contributed by atoms with E-state index in [1.54, 1.807) is 0 Å². The van der Waals surface area contributed by atoms with Crippen LogP contribution in [-0.2, 0) is 5.41 Å². The van der Waals surface area contributed by atoms with E-state index in [2.05, 4.69) is 81.1 Å². The van der Waals surface area contributed by atoms with Crippen molar-refractivity contribution in [1.82, 2.24) is 0 Å². The van der Waals surface area contributed by atoms with Gasteiger partial charge in [0.15, 0.2) is 0 Å². The van der Waals surface area contributed by atoms with Gasteiger partial charge >= 0.3 is 0 Å². The molecule has 0 aliphatic rings. The van der Waals surface area contributed by atoms with Crippen molar-refractivity contribution in [3.63, 3.8) is 0 Å². The van der Waals surface area contributed by atoms with E-state index in [0.717, 1.165) is 12.8 Å². The molecule has 0 N–H and O–H groups in total. The fraction of sp³-hybridized carbons (Fsp3) is 0.391. The zero-order chi connectivity index (χ0) is 16.5. The molecule has 0 heteroatoms. The molecule has 2 aromatic carbocycles. The second kappa shape index (κ2) is 8.72. The fourth-order valence-electron chi connectivity index (χ4n) is 3.53. The summed E-state index contributed by atoms with van der Waals surface area (Å²) in [5, 5.41) is 0. The summed E-state index contributed by atoms with van der Waals surface area (Å²) in [5.74, 6) is 0. The summed E-state index contributed by atoms with van der Waals surface area (Å²) in [7, 11) is 0. The summed E-state index contributed by atoms with van der Waals surface area (Å²) >= 11 is 0. The van der Waals surface area contributed by atoms with E-state index in [1.165, 1.54) is 42.4 Å². The first-order chi connectivity index (χ1) is 11.2. The molecule has 2 aromatic rings. The normalized spacial score (nSPS) is 13.5. The monoisotopic (exact) mass is 306 g/mol. The van der Waals surface area contributed by atoms with E-state index in [1.807, 2.05) is 0 Å². The number of benzene rings is 2. The second-order valence-electron chi connectivity index (χ2n) is 6.60. The standard InChI is InChI=1S/C23H30/c1-4-6-13-18-23(5-2,22-16-11-8-12-17-22)19-20(3)21-14-9-7-10-15-21/h7-12,14-17H,3-6,13,18-19H2,1-2H3. The van der Waals surface area contributed by atoms with Gasteiger partial charge in [0.25, 0.3) is 0 Å². The van der Waals surface area contributed by atoms with Crippen LogP contribution in [0.15, 0.2) is 67.2 Å². The quantitative estimate of drug-likeness (QED) is 0.437. The highest BCUT2D eigenvalue weighted by Gasteiger charge is 2.30. The van der Waals surface area contributed by atoms with E-state index in [-0.39, 0.29) is 5.41 Å². The van der Waals surface area contributed by atoms with E-state index >= 15 is 0 Å². The van der Waals surface area contributed by atoms with Crippen molar-refractivity contribution in [2.45, 2.75) is 57.8 Å². The highest BCUT2D eigenvalue weighted by molar-refractivity contribution is 5.64. The Labute approximate surface area is 142 Å². The van der Waals surface area contributed by atoms with Crippen LogP contribution >= 0.6 is 0 Å². The smallest absolute Gasteiger partial charge is 0.000927 e. The van der Waals surface area contributed by atoms with Crippen LogP contribution in [-0.4, -0.2) is 0 Å². The number of rotatable bonds is 9. The number of allylic oxidation sites excluding steroid dienone is 1. The zero-order valence-electron chi connectivity index (χ0n) is 14.7. The molecular formula is C23H30. The van der Waals surface area contributed by atoms with Gasteiger partial charge in [-0.25, -0.2) is 0 Å². The van der Waals surface area contributed by atoms with Crippen molar-refractivity contribution in [2.24, 2.45) is 0 Å². The Kier molecular flexibility index (Phi) is 6.65. The molecule has 1 atom stereocenters. The molecule has 0 amide bonds. The molecule has 122 valence electrons. The molecule has 0 radical (unpaired) electrons. The van der Waals surface area contributed by atoms with Gasteiger partial charge in [0.2, 0.25) is 0 Å². The molecule has 0 aliphatic heterocycles. The first kappa shape index (κ1) is 17.5. The van der Waals surface area contributed by atoms with Crippen LogP contribution in [0.5, 0.6) is 0 Å². The molecule has 0 spiro atoms. The maximum absolute atomic E-state index is 4.41. The van der Waals surface area contributed by atoms with Crippen molar-refractivity contribution in [1.29, 1.82) is 0 Å². The molecule has 0 fully saturated rings. The van der Waals surface area contributed by atoms with Crippen LogP contribution < -0.4 is 0 Å². The summed E-state index contributed by atoms with van der Waals surface area (Å²) in [6.45, 7) is 9.02. The van der Waals surface area contributed by atoms with Crippen LogP contribution in [0.25, 0.3) is 5.57 Å². The highest BCUT2D eigenvalue weighted by atomic mass is 14.3. The van der Waals surface area contributed by atoms with Gasteiger partial charge < -0.3 is 0 Å². The summed E-state index contributed by atoms with van der Waals surface area (Å²) in [5.41, 5.74) is 4.21. The lowest BCUT2D eigenvalue weighted by Crippen LogP contribution is -2.26. The predicted octanol–water partition coefficient (Wildman–Crippen LogP) is 7.02. The zero-order valence-corrected chi connectivity index (χ0v) is 14.7. The average Bonchev–Trinajstić information content (AvgIpc) is 2.62. The predicted molar refractivity (Wildman–Crippen MR) is 103 cm³/mol. The van der Waals surface area contributed by atoms with Gasteiger partial charge in [-0.2, -0.15) is 0 Å². The lowest BCUT2D eigenvalue weighted by molar-refractivity contribution is 0.370. The minimum atomic E-state index is 0.212. The maximum Gasteiger partial charge on any atom is -0.000927 e. The molecule has 1 unspecified atom stereocenters. The van der Waals surface area contributed by atoms with Crippen molar-refractivity contribution < 1.29 is 0 Å². The van der Waals surface area contributed by atoms with E-state index < -0.39 is 0 Å². The fourth-order valence-corrected chi connectivity index (χ4v) is 3.53. The van der Waals surface area contributed by atoms with Crippen LogP contribution in [0.1, 0.15) is 63.5 Å². The third-order valence-electron chi connectivity index (χ3n) is 5.06. The summed E-state index contributed by atoms with van der Waals surface area (Å²) < 4.78 is 0. The summed E-state index contributed by atoms with van der Waals surface area (Å²) in [6.07, 6.45) is 7.32. The van der Waals surface area contributed by atoms with Gasteiger partial charge in [-0.1, -0.05) is 100 Å². The van der Waals surface area contributed by atoms with Crippen molar-refractivity contribution in [3.05, 3.63) is 78.4 Å². The minimum Gasteiger partial charge on any atom is -0.0952 e. The number of hydrogen-bond acceptors (Lipinski definition) is 0. The van der Waals surface area contributed by atoms with Gasteiger partial charge in [0.05, 0.1) is 0 Å². The number of hydrogen-bond donors (Lipinski definition) is 0. The second-order valence-corrected chi connectivity index (χ2v) is 6.60. The van der Waals surface area contributed by atoms with Gasteiger partial charge in [-0.05, 0) is 41.4 Å². The summed E-state index contributed by atoms with van der Waals surface area (Å²) in [6, 6.07) is 21.7. The molecule has 0 nitrogen and oxygen atoms in total. The van der Waals surface area contributed by atoms with E-state index in [0.29, 0.717) is 0 Å². The Morgan fingerprint density at radius 3 is 2.04 bits per heavy atom. The lowest BCUT2D eigenvalue weighted by atomic mass is 9.69. The Hall–Kier alpha value is -1.82. The highest BCUT2D eigenvalue weighted by Crippen LogP contribution is 2.41. The SMILES string of the molecule is C=C(CC(CC)(CCCCC)c1ccccc1)c1ccccc1. The first-order valence-electron chi connectivity index (χ1n) is 9.00. The van der Waals surface area contributed by atoms with Crippen molar-refractivity contribution in [2.75, 3.05) is 0 Å². The van der Waals surface area contributed by atoms with E-state index in [4.69, 9.17) is 0 Å². The third kappa shape index (κ3) is 4.58. The first-order valence-corrected chi connectivity index (χ1v) is 9.00. The lowest BCUT2D eigenvalue weighted by Gasteiger charge is -2.35. The maximum atomic E-state index is 4.41. The molecule has 0 saturated carbocycles. The van der Waals surface area contributed by atoms with E-state index in [9.17, 15) is 0 Å². The van der Waals surface area contributed by atoms with Crippen LogP contribution in [0.3, 0.4) is 0 Å². The van der Waals surface area contributed by atoms with Crippen molar-refractivity contribution >= 4 is 5.57 Å². The third-order valence-corrected chi connectivity index (χ3v) is 5.06. The summed E-state index contributed by atoms with van der Waals surface area (Å²) in [4.78, 5) is 0. The van der Waals surface area contributed by atoms with Gasteiger partial charge in [-0.15, -0.1) is 0 Å². The van der Waals surface area contributed by atoms with Crippen LogP contribution in [0.4, 0.5) is 0 Å². The average molecular weight is 306 g/mol. The minimum absolute atomic E-state index is 0.212. The largest absolute Gasteiger partial charge is 0.0952 e. The molecule has 0 bridgehead atoms. The Morgan fingerprint density at radius 2 is 1.48 bits per heavy atom. The van der Waals surface area contributed by atoms with Gasteiger partial charge in [0.1, 0.15) is 0 Å². The molecule has 0 heterocycles. The molecule has 0 aromatic heterocycles. The Morgan fingerprint density at radius 1 is 0.870 bits per heavy atom. The molecule has 2 rings (SSSR count). The van der Waals surface area contributed by atoms with Crippen LogP contribution in [0.2, 0.25) is 0 Å². The molecule has 23 heavy (non-hydrogen) atoms. The van der Waals surface area contributed by atoms with Crippen LogP contribution in [0, 0.1) is 0 Å². The number of unbranched alkanes of at least 4 members (excludes halogenated alkanes) is 2. The van der Waals surface area contributed by atoms with Crippen molar-refractivity contribution in [3.8, 4) is 0 Å². The molecule has 0 aliphatic carbocycles.